The SMILES string of the molecule is CNC(=O)COC(=O)c1ccccc1Sc1ccccc1C#N. The molecule has 5 nitrogen and oxygen atoms in total. The van der Waals surface area contributed by atoms with Gasteiger partial charge in [-0.1, -0.05) is 36.0 Å². The maximum Gasteiger partial charge on any atom is 0.339 e. The van der Waals surface area contributed by atoms with Gasteiger partial charge in [0.2, 0.25) is 0 Å². The van der Waals surface area contributed by atoms with Crippen molar-refractivity contribution in [2.75, 3.05) is 13.7 Å². The van der Waals surface area contributed by atoms with E-state index in [-0.39, 0.29) is 12.5 Å². The third-order valence-corrected chi connectivity index (χ3v) is 4.10. The van der Waals surface area contributed by atoms with Crippen LogP contribution in [0.1, 0.15) is 15.9 Å². The Kier molecular flexibility index (Phi) is 5.78. The van der Waals surface area contributed by atoms with E-state index in [1.54, 1.807) is 36.4 Å². The molecule has 116 valence electrons. The molecule has 6 heteroatoms. The molecule has 0 saturated heterocycles. The molecule has 0 aliphatic rings. The quantitative estimate of drug-likeness (QED) is 0.854. The van der Waals surface area contributed by atoms with Crippen molar-refractivity contribution in [3.05, 3.63) is 59.7 Å². The van der Waals surface area contributed by atoms with E-state index >= 15 is 0 Å². The lowest BCUT2D eigenvalue weighted by Crippen LogP contribution is -2.25. The summed E-state index contributed by atoms with van der Waals surface area (Å²) < 4.78 is 4.99. The van der Waals surface area contributed by atoms with Gasteiger partial charge in [-0.3, -0.25) is 4.79 Å². The lowest BCUT2D eigenvalue weighted by molar-refractivity contribution is -0.123. The number of esters is 1. The highest BCUT2D eigenvalue weighted by atomic mass is 32.2. The molecule has 2 rings (SSSR count). The number of nitrogens with zero attached hydrogens (tertiary/aromatic N) is 1. The van der Waals surface area contributed by atoms with Crippen LogP contribution in [0.5, 0.6) is 0 Å². The smallest absolute Gasteiger partial charge is 0.339 e. The predicted octanol–water partition coefficient (Wildman–Crippen LogP) is 2.61. The molecule has 0 atom stereocenters. The van der Waals surface area contributed by atoms with E-state index in [1.807, 2.05) is 12.1 Å². The first-order valence-corrected chi connectivity index (χ1v) is 7.61. The zero-order chi connectivity index (χ0) is 16.7. The Labute approximate surface area is 138 Å². The second kappa shape index (κ2) is 8.01. The second-order valence-electron chi connectivity index (χ2n) is 4.46. The van der Waals surface area contributed by atoms with Crippen molar-refractivity contribution < 1.29 is 14.3 Å². The van der Waals surface area contributed by atoms with E-state index in [1.165, 1.54) is 18.8 Å². The van der Waals surface area contributed by atoms with Crippen LogP contribution in [0.25, 0.3) is 0 Å². The van der Waals surface area contributed by atoms with Crippen LogP contribution in [0.2, 0.25) is 0 Å². The van der Waals surface area contributed by atoms with Gasteiger partial charge in [0.1, 0.15) is 6.07 Å². The van der Waals surface area contributed by atoms with E-state index in [0.717, 1.165) is 4.90 Å². The third-order valence-electron chi connectivity index (χ3n) is 2.95. The van der Waals surface area contributed by atoms with Gasteiger partial charge in [0.05, 0.1) is 11.1 Å². The molecule has 0 saturated carbocycles. The highest BCUT2D eigenvalue weighted by Crippen LogP contribution is 2.32. The van der Waals surface area contributed by atoms with Gasteiger partial charge < -0.3 is 10.1 Å². The number of amides is 1. The summed E-state index contributed by atoms with van der Waals surface area (Å²) in [6.07, 6.45) is 0. The molecule has 0 aliphatic carbocycles. The minimum absolute atomic E-state index is 0.330. The fourth-order valence-electron chi connectivity index (χ4n) is 1.77. The molecular weight excluding hydrogens is 312 g/mol. The molecule has 0 unspecified atom stereocenters. The first kappa shape index (κ1) is 16.6. The van der Waals surface area contributed by atoms with Crippen LogP contribution in [0.4, 0.5) is 0 Å². The summed E-state index contributed by atoms with van der Waals surface area (Å²) >= 11 is 1.31. The fourth-order valence-corrected chi connectivity index (χ4v) is 2.79. The summed E-state index contributed by atoms with van der Waals surface area (Å²) in [7, 11) is 1.47. The number of carbonyl (C=O) groups is 2. The molecule has 0 bridgehead atoms. The fraction of sp³-hybridized carbons (Fsp3) is 0.118. The van der Waals surface area contributed by atoms with Gasteiger partial charge in [0.15, 0.2) is 6.61 Å². The lowest BCUT2D eigenvalue weighted by atomic mass is 10.2. The molecule has 0 aliphatic heterocycles. The van der Waals surface area contributed by atoms with Crippen LogP contribution in [0.15, 0.2) is 58.3 Å². The zero-order valence-electron chi connectivity index (χ0n) is 12.4. The first-order chi connectivity index (χ1) is 11.2. The minimum atomic E-state index is -0.578. The van der Waals surface area contributed by atoms with Gasteiger partial charge in [0, 0.05) is 16.8 Å². The summed E-state index contributed by atoms with van der Waals surface area (Å²) in [6.45, 7) is -0.330. The molecule has 1 amide bonds. The minimum Gasteiger partial charge on any atom is -0.452 e. The van der Waals surface area contributed by atoms with E-state index in [9.17, 15) is 9.59 Å². The maximum absolute atomic E-state index is 12.1. The van der Waals surface area contributed by atoms with Gasteiger partial charge in [-0.2, -0.15) is 5.26 Å². The van der Waals surface area contributed by atoms with Crippen LogP contribution in [0, 0.1) is 11.3 Å². The molecule has 23 heavy (non-hydrogen) atoms. The van der Waals surface area contributed by atoms with Crippen LogP contribution < -0.4 is 5.32 Å². The largest absolute Gasteiger partial charge is 0.452 e. The topological polar surface area (TPSA) is 79.2 Å². The van der Waals surface area contributed by atoms with Gasteiger partial charge in [0.25, 0.3) is 5.91 Å². The molecule has 0 radical (unpaired) electrons. The summed E-state index contributed by atoms with van der Waals surface area (Å²) in [4.78, 5) is 24.7. The number of rotatable bonds is 5. The Balaban J connectivity index is 2.22. The van der Waals surface area contributed by atoms with Gasteiger partial charge in [-0.15, -0.1) is 0 Å². The molecule has 0 heterocycles. The average Bonchev–Trinajstić information content (AvgIpc) is 2.60. The van der Waals surface area contributed by atoms with Gasteiger partial charge in [-0.25, -0.2) is 4.79 Å². The first-order valence-electron chi connectivity index (χ1n) is 6.79. The molecular formula is C17H14N2O3S. The monoisotopic (exact) mass is 326 g/mol. The normalized spacial score (nSPS) is 9.74. The van der Waals surface area contributed by atoms with Crippen molar-refractivity contribution >= 4 is 23.6 Å². The lowest BCUT2D eigenvalue weighted by Gasteiger charge is -2.09. The number of nitrogens with one attached hydrogen (secondary N) is 1. The van der Waals surface area contributed by atoms with E-state index in [4.69, 9.17) is 10.00 Å². The van der Waals surface area contributed by atoms with Crippen molar-refractivity contribution in [3.63, 3.8) is 0 Å². The van der Waals surface area contributed by atoms with Gasteiger partial charge >= 0.3 is 5.97 Å². The number of hydrogen-bond acceptors (Lipinski definition) is 5. The van der Waals surface area contributed by atoms with E-state index in [2.05, 4.69) is 11.4 Å². The average molecular weight is 326 g/mol. The Morgan fingerprint density at radius 1 is 1.13 bits per heavy atom. The molecule has 1 N–H and O–H groups in total. The van der Waals surface area contributed by atoms with Crippen molar-refractivity contribution in [1.29, 1.82) is 5.26 Å². The van der Waals surface area contributed by atoms with E-state index < -0.39 is 5.97 Å². The maximum atomic E-state index is 12.1. The van der Waals surface area contributed by atoms with Crippen molar-refractivity contribution in [1.82, 2.24) is 5.32 Å². The highest BCUT2D eigenvalue weighted by molar-refractivity contribution is 7.99. The summed E-state index contributed by atoms with van der Waals surface area (Å²) in [5.41, 5.74) is 0.889. The second-order valence-corrected chi connectivity index (χ2v) is 5.54. The number of carbonyl (C=O) groups excluding carboxylic acids is 2. The van der Waals surface area contributed by atoms with Crippen molar-refractivity contribution in [3.8, 4) is 6.07 Å². The van der Waals surface area contributed by atoms with Crippen LogP contribution in [-0.2, 0) is 9.53 Å². The van der Waals surface area contributed by atoms with Crippen LogP contribution >= 0.6 is 11.8 Å². The van der Waals surface area contributed by atoms with Gasteiger partial charge in [-0.05, 0) is 24.3 Å². The van der Waals surface area contributed by atoms with Crippen LogP contribution in [-0.4, -0.2) is 25.5 Å². The number of ether oxygens (including phenoxy) is 1. The molecule has 2 aromatic rings. The Morgan fingerprint density at radius 2 is 1.78 bits per heavy atom. The molecule has 2 aromatic carbocycles. The highest BCUT2D eigenvalue weighted by Gasteiger charge is 2.15. The Hall–Kier alpha value is -2.78. The third kappa shape index (κ3) is 4.34. The van der Waals surface area contributed by atoms with E-state index in [0.29, 0.717) is 16.0 Å². The predicted molar refractivity (Wildman–Crippen MR) is 86.1 cm³/mol. The number of hydrogen-bond donors (Lipinski definition) is 1. The standard InChI is InChI=1S/C17H14N2O3S/c1-19-16(20)11-22-17(21)13-7-3-5-9-15(13)23-14-8-4-2-6-12(14)10-18/h2-9H,11H2,1H3,(H,19,20). The number of likely N-dealkylation sites (N-methyl/N-ethyl adjacent to an activating group) is 1. The number of nitriles is 1. The van der Waals surface area contributed by atoms with Crippen molar-refractivity contribution in [2.45, 2.75) is 9.79 Å². The number of benzene rings is 2. The van der Waals surface area contributed by atoms with Crippen molar-refractivity contribution in [2.24, 2.45) is 0 Å². The Morgan fingerprint density at radius 3 is 2.48 bits per heavy atom. The molecule has 0 fully saturated rings. The molecule has 0 spiro atoms. The zero-order valence-corrected chi connectivity index (χ0v) is 13.2. The summed E-state index contributed by atoms with van der Waals surface area (Å²) in [6, 6.07) is 16.2. The Bertz CT molecular complexity index is 768. The summed E-state index contributed by atoms with van der Waals surface area (Å²) in [5.74, 6) is -0.954. The molecule has 0 aromatic heterocycles. The van der Waals surface area contributed by atoms with Crippen LogP contribution in [0.3, 0.4) is 0 Å². The summed E-state index contributed by atoms with van der Waals surface area (Å²) in [5, 5.41) is 11.5.